The van der Waals surface area contributed by atoms with Crippen LogP contribution in [-0.4, -0.2) is 44.0 Å². The number of hydrogen-bond donors (Lipinski definition) is 1. The molecule has 0 unspecified atom stereocenters. The van der Waals surface area contributed by atoms with Gasteiger partial charge in [0.25, 0.3) is 5.91 Å². The van der Waals surface area contributed by atoms with Crippen LogP contribution in [0.5, 0.6) is 11.5 Å². The summed E-state index contributed by atoms with van der Waals surface area (Å²) < 4.78 is 10.7. The highest BCUT2D eigenvalue weighted by Gasteiger charge is 2.15. The van der Waals surface area contributed by atoms with E-state index >= 15 is 0 Å². The first-order valence-electron chi connectivity index (χ1n) is 7.96. The Labute approximate surface area is 157 Å². The molecule has 0 aromatic heterocycles. The van der Waals surface area contributed by atoms with E-state index in [1.54, 1.807) is 31.3 Å². The molecule has 0 aliphatic rings. The molecule has 0 spiro atoms. The fourth-order valence-corrected chi connectivity index (χ4v) is 2.41. The molecular formula is C19H21ClN2O4. The minimum Gasteiger partial charge on any atom is -0.495 e. The fourth-order valence-electron chi connectivity index (χ4n) is 2.24. The molecule has 7 heteroatoms. The zero-order valence-electron chi connectivity index (χ0n) is 14.9. The quantitative estimate of drug-likeness (QED) is 0.806. The SMILES string of the molecule is COc1ccc(Cl)cc1NC(=O)CN(C)C(=O)COc1ccccc1C. The number of rotatable bonds is 7. The predicted molar refractivity (Wildman–Crippen MR) is 101 cm³/mol. The third-order valence-corrected chi connectivity index (χ3v) is 3.92. The number of nitrogens with one attached hydrogen (secondary N) is 1. The lowest BCUT2D eigenvalue weighted by Gasteiger charge is -2.18. The molecule has 0 aliphatic heterocycles. The van der Waals surface area contributed by atoms with Gasteiger partial charge in [-0.2, -0.15) is 0 Å². The summed E-state index contributed by atoms with van der Waals surface area (Å²) >= 11 is 5.94. The zero-order valence-corrected chi connectivity index (χ0v) is 15.7. The zero-order chi connectivity index (χ0) is 19.1. The summed E-state index contributed by atoms with van der Waals surface area (Å²) in [6, 6.07) is 12.3. The predicted octanol–water partition coefficient (Wildman–Crippen LogP) is 3.13. The third kappa shape index (κ3) is 5.39. The summed E-state index contributed by atoms with van der Waals surface area (Å²) in [6.07, 6.45) is 0. The van der Waals surface area contributed by atoms with Crippen LogP contribution in [0.15, 0.2) is 42.5 Å². The van der Waals surface area contributed by atoms with Gasteiger partial charge in [0, 0.05) is 12.1 Å². The minimum absolute atomic E-state index is 0.119. The van der Waals surface area contributed by atoms with Gasteiger partial charge in [0.15, 0.2) is 6.61 Å². The monoisotopic (exact) mass is 376 g/mol. The number of anilines is 1. The summed E-state index contributed by atoms with van der Waals surface area (Å²) in [6.45, 7) is 1.64. The van der Waals surface area contributed by atoms with Crippen LogP contribution in [0.25, 0.3) is 0 Å². The van der Waals surface area contributed by atoms with Crippen LogP contribution in [0.3, 0.4) is 0 Å². The van der Waals surface area contributed by atoms with Crippen LogP contribution in [0, 0.1) is 6.92 Å². The van der Waals surface area contributed by atoms with E-state index in [1.807, 2.05) is 25.1 Å². The van der Waals surface area contributed by atoms with Gasteiger partial charge < -0.3 is 19.7 Å². The number of amides is 2. The molecule has 0 heterocycles. The molecule has 0 bridgehead atoms. The molecule has 2 aromatic rings. The van der Waals surface area contributed by atoms with Crippen molar-refractivity contribution in [2.75, 3.05) is 32.6 Å². The molecule has 2 amide bonds. The summed E-state index contributed by atoms with van der Waals surface area (Å²) in [4.78, 5) is 25.7. The van der Waals surface area contributed by atoms with Crippen molar-refractivity contribution < 1.29 is 19.1 Å². The van der Waals surface area contributed by atoms with Crippen LogP contribution >= 0.6 is 11.6 Å². The van der Waals surface area contributed by atoms with Crippen molar-refractivity contribution >= 4 is 29.1 Å². The fraction of sp³-hybridized carbons (Fsp3) is 0.263. The number of likely N-dealkylation sites (N-methyl/N-ethyl adjacent to an activating group) is 1. The van der Waals surface area contributed by atoms with Gasteiger partial charge in [0.1, 0.15) is 11.5 Å². The van der Waals surface area contributed by atoms with E-state index in [-0.39, 0.29) is 25.0 Å². The van der Waals surface area contributed by atoms with E-state index in [1.165, 1.54) is 12.0 Å². The van der Waals surface area contributed by atoms with Crippen LogP contribution < -0.4 is 14.8 Å². The molecule has 0 radical (unpaired) electrons. The van der Waals surface area contributed by atoms with Crippen LogP contribution in [0.2, 0.25) is 5.02 Å². The van der Waals surface area contributed by atoms with Crippen LogP contribution in [-0.2, 0) is 9.59 Å². The lowest BCUT2D eigenvalue weighted by molar-refractivity contribution is -0.135. The van der Waals surface area contributed by atoms with Gasteiger partial charge in [0.05, 0.1) is 19.3 Å². The summed E-state index contributed by atoms with van der Waals surface area (Å²) in [5.41, 5.74) is 1.38. The number of methoxy groups -OCH3 is 1. The second-order valence-electron chi connectivity index (χ2n) is 5.70. The Morgan fingerprint density at radius 2 is 1.88 bits per heavy atom. The summed E-state index contributed by atoms with van der Waals surface area (Å²) in [7, 11) is 3.04. The molecular weight excluding hydrogens is 356 g/mol. The molecule has 0 aliphatic carbocycles. The van der Waals surface area contributed by atoms with Crippen molar-refractivity contribution in [3.05, 3.63) is 53.1 Å². The Bertz CT molecular complexity index is 795. The van der Waals surface area contributed by atoms with Crippen molar-refractivity contribution in [2.24, 2.45) is 0 Å². The highest BCUT2D eigenvalue weighted by molar-refractivity contribution is 6.31. The van der Waals surface area contributed by atoms with Crippen molar-refractivity contribution in [3.8, 4) is 11.5 Å². The van der Waals surface area contributed by atoms with Gasteiger partial charge in [0.2, 0.25) is 5.91 Å². The number of carbonyl (C=O) groups is 2. The van der Waals surface area contributed by atoms with Gasteiger partial charge in [-0.05, 0) is 36.8 Å². The Kier molecular flexibility index (Phi) is 6.86. The number of nitrogens with zero attached hydrogens (tertiary/aromatic N) is 1. The Hall–Kier alpha value is -2.73. The second-order valence-corrected chi connectivity index (χ2v) is 6.13. The summed E-state index contributed by atoms with van der Waals surface area (Å²) in [5.74, 6) is 0.459. The lowest BCUT2D eigenvalue weighted by Crippen LogP contribution is -2.37. The van der Waals surface area contributed by atoms with Gasteiger partial charge in [-0.25, -0.2) is 0 Å². The maximum Gasteiger partial charge on any atom is 0.260 e. The van der Waals surface area contributed by atoms with E-state index in [4.69, 9.17) is 21.1 Å². The molecule has 6 nitrogen and oxygen atoms in total. The average Bonchev–Trinajstić information content (AvgIpc) is 2.60. The number of para-hydroxylation sites is 1. The van der Waals surface area contributed by atoms with E-state index < -0.39 is 0 Å². The average molecular weight is 377 g/mol. The first-order valence-corrected chi connectivity index (χ1v) is 8.34. The minimum atomic E-state index is -0.364. The van der Waals surface area contributed by atoms with Gasteiger partial charge in [-0.1, -0.05) is 29.8 Å². The normalized spacial score (nSPS) is 10.2. The molecule has 0 saturated heterocycles. The van der Waals surface area contributed by atoms with E-state index in [9.17, 15) is 9.59 Å². The Morgan fingerprint density at radius 3 is 2.58 bits per heavy atom. The lowest BCUT2D eigenvalue weighted by atomic mass is 10.2. The first-order chi connectivity index (χ1) is 12.4. The van der Waals surface area contributed by atoms with Gasteiger partial charge in [-0.15, -0.1) is 0 Å². The van der Waals surface area contributed by atoms with Gasteiger partial charge in [-0.3, -0.25) is 9.59 Å². The molecule has 0 saturated carbocycles. The first kappa shape index (κ1) is 19.6. The molecule has 0 fully saturated rings. The van der Waals surface area contributed by atoms with E-state index in [0.29, 0.717) is 22.2 Å². The number of halogens is 1. The highest BCUT2D eigenvalue weighted by Crippen LogP contribution is 2.27. The van der Waals surface area contributed by atoms with Gasteiger partial charge >= 0.3 is 0 Å². The maximum absolute atomic E-state index is 12.2. The van der Waals surface area contributed by atoms with E-state index in [2.05, 4.69) is 5.32 Å². The number of carbonyl (C=O) groups excluding carboxylic acids is 2. The number of hydrogen-bond acceptors (Lipinski definition) is 4. The molecule has 1 N–H and O–H groups in total. The molecule has 0 atom stereocenters. The summed E-state index contributed by atoms with van der Waals surface area (Å²) in [5, 5.41) is 3.16. The number of aryl methyl sites for hydroxylation is 1. The largest absolute Gasteiger partial charge is 0.495 e. The number of ether oxygens (including phenoxy) is 2. The van der Waals surface area contributed by atoms with Crippen LogP contribution in [0.1, 0.15) is 5.56 Å². The molecule has 26 heavy (non-hydrogen) atoms. The standard InChI is InChI=1S/C19H21ClN2O4/c1-13-6-4-5-7-16(13)26-12-19(24)22(2)11-18(23)21-15-10-14(20)8-9-17(15)25-3/h4-10H,11-12H2,1-3H3,(H,21,23). The third-order valence-electron chi connectivity index (χ3n) is 3.69. The van der Waals surface area contributed by atoms with Crippen molar-refractivity contribution in [1.82, 2.24) is 4.90 Å². The smallest absolute Gasteiger partial charge is 0.260 e. The Balaban J connectivity index is 1.89. The van der Waals surface area contributed by atoms with Crippen molar-refractivity contribution in [2.45, 2.75) is 6.92 Å². The van der Waals surface area contributed by atoms with Crippen molar-refractivity contribution in [1.29, 1.82) is 0 Å². The van der Waals surface area contributed by atoms with E-state index in [0.717, 1.165) is 5.56 Å². The maximum atomic E-state index is 12.2. The molecule has 2 rings (SSSR count). The molecule has 138 valence electrons. The Morgan fingerprint density at radius 1 is 1.15 bits per heavy atom. The molecule has 2 aromatic carbocycles. The highest BCUT2D eigenvalue weighted by atomic mass is 35.5. The van der Waals surface area contributed by atoms with Crippen molar-refractivity contribution in [3.63, 3.8) is 0 Å². The second kappa shape index (κ2) is 9.10. The van der Waals surface area contributed by atoms with Crippen LogP contribution in [0.4, 0.5) is 5.69 Å². The number of benzene rings is 2. The topological polar surface area (TPSA) is 67.9 Å².